The zero-order valence-corrected chi connectivity index (χ0v) is 15.3. The minimum Gasteiger partial charge on any atom is -0.352 e. The lowest BCUT2D eigenvalue weighted by Gasteiger charge is -2.32. The van der Waals surface area contributed by atoms with Gasteiger partial charge in [0.15, 0.2) is 0 Å². The summed E-state index contributed by atoms with van der Waals surface area (Å²) in [4.78, 5) is 25.3. The largest absolute Gasteiger partial charge is 0.352 e. The van der Waals surface area contributed by atoms with Crippen LogP contribution in [0.5, 0.6) is 0 Å². The first-order valence-corrected chi connectivity index (χ1v) is 9.41. The molecule has 0 saturated carbocycles. The smallest absolute Gasteiger partial charge is 0.282 e. The minimum absolute atomic E-state index is 0.128. The monoisotopic (exact) mass is 367 g/mol. The molecule has 0 radical (unpaired) electrons. The second kappa shape index (κ2) is 9.28. The number of piperidine rings is 1. The molecule has 3 rings (SSSR count). The van der Waals surface area contributed by atoms with Gasteiger partial charge in [-0.25, -0.2) is 0 Å². The second-order valence-corrected chi connectivity index (χ2v) is 7.00. The van der Waals surface area contributed by atoms with E-state index in [1.807, 2.05) is 6.07 Å². The fraction of sp³-hybridized carbons (Fsp3) is 0.381. The van der Waals surface area contributed by atoms with E-state index in [1.165, 1.54) is 17.7 Å². The van der Waals surface area contributed by atoms with Gasteiger partial charge in [-0.05, 0) is 49.9 Å². The van der Waals surface area contributed by atoms with Crippen molar-refractivity contribution in [3.8, 4) is 0 Å². The van der Waals surface area contributed by atoms with Gasteiger partial charge in [-0.15, -0.1) is 0 Å². The van der Waals surface area contributed by atoms with Crippen LogP contribution in [0.1, 0.15) is 28.8 Å². The van der Waals surface area contributed by atoms with E-state index >= 15 is 0 Å². The Kier molecular flexibility index (Phi) is 6.54. The van der Waals surface area contributed by atoms with Crippen LogP contribution in [0.3, 0.4) is 0 Å². The van der Waals surface area contributed by atoms with Crippen molar-refractivity contribution in [1.82, 2.24) is 10.2 Å². The number of hydrogen-bond acceptors (Lipinski definition) is 4. The summed E-state index contributed by atoms with van der Waals surface area (Å²) in [5.41, 5.74) is 1.34. The highest BCUT2D eigenvalue weighted by atomic mass is 16.6. The van der Waals surface area contributed by atoms with Crippen LogP contribution in [-0.2, 0) is 6.42 Å². The van der Waals surface area contributed by atoms with Gasteiger partial charge in [0, 0.05) is 19.2 Å². The summed E-state index contributed by atoms with van der Waals surface area (Å²) in [7, 11) is 0. The molecule has 2 aromatic carbocycles. The zero-order valence-electron chi connectivity index (χ0n) is 15.3. The van der Waals surface area contributed by atoms with Gasteiger partial charge in [-0.3, -0.25) is 14.9 Å². The molecule has 0 unspecified atom stereocenters. The summed E-state index contributed by atoms with van der Waals surface area (Å²) in [6.45, 7) is 3.68. The molecule has 6 nitrogen and oxygen atoms in total. The molecular formula is C21H25N3O3. The van der Waals surface area contributed by atoms with Crippen molar-refractivity contribution in [2.75, 3.05) is 26.2 Å². The first-order chi connectivity index (χ1) is 13.1. The Hall–Kier alpha value is -2.73. The Bertz CT molecular complexity index is 771. The number of rotatable bonds is 7. The summed E-state index contributed by atoms with van der Waals surface area (Å²) in [6, 6.07) is 16.6. The highest BCUT2D eigenvalue weighted by Gasteiger charge is 2.22. The molecule has 1 N–H and O–H groups in total. The number of hydrogen-bond donors (Lipinski definition) is 1. The number of benzene rings is 2. The van der Waals surface area contributed by atoms with E-state index in [0.29, 0.717) is 12.5 Å². The first-order valence-electron chi connectivity index (χ1n) is 9.41. The topological polar surface area (TPSA) is 75.5 Å². The van der Waals surface area contributed by atoms with Crippen LogP contribution in [0, 0.1) is 16.0 Å². The lowest BCUT2D eigenvalue weighted by Crippen LogP contribution is -2.39. The summed E-state index contributed by atoms with van der Waals surface area (Å²) in [6.07, 6.45) is 3.12. The molecule has 142 valence electrons. The number of nitro groups is 1. The van der Waals surface area contributed by atoms with Crippen LogP contribution in [0.15, 0.2) is 54.6 Å². The predicted molar refractivity (Wildman–Crippen MR) is 105 cm³/mol. The molecule has 1 amide bonds. The first kappa shape index (κ1) is 19.0. The molecule has 1 fully saturated rings. The number of likely N-dealkylation sites (tertiary alicyclic amines) is 1. The van der Waals surface area contributed by atoms with Gasteiger partial charge in [0.05, 0.1) is 4.92 Å². The number of para-hydroxylation sites is 1. The zero-order chi connectivity index (χ0) is 19.1. The van der Waals surface area contributed by atoms with Gasteiger partial charge in [0.1, 0.15) is 5.56 Å². The fourth-order valence-electron chi connectivity index (χ4n) is 3.50. The molecule has 1 saturated heterocycles. The number of carbonyl (C=O) groups excluding carboxylic acids is 1. The van der Waals surface area contributed by atoms with E-state index in [9.17, 15) is 14.9 Å². The van der Waals surface area contributed by atoms with Gasteiger partial charge in [0.25, 0.3) is 11.6 Å². The molecular weight excluding hydrogens is 342 g/mol. The Morgan fingerprint density at radius 1 is 1.07 bits per heavy atom. The maximum atomic E-state index is 12.3. The lowest BCUT2D eigenvalue weighted by molar-refractivity contribution is -0.385. The number of nitro benzene ring substituents is 1. The van der Waals surface area contributed by atoms with Gasteiger partial charge in [-0.1, -0.05) is 42.5 Å². The molecule has 0 atom stereocenters. The van der Waals surface area contributed by atoms with E-state index in [-0.39, 0.29) is 17.2 Å². The van der Waals surface area contributed by atoms with Crippen molar-refractivity contribution < 1.29 is 9.72 Å². The Labute approximate surface area is 159 Å². The number of carbonyl (C=O) groups is 1. The maximum absolute atomic E-state index is 12.3. The Morgan fingerprint density at radius 2 is 1.74 bits per heavy atom. The van der Waals surface area contributed by atoms with Crippen molar-refractivity contribution >= 4 is 11.6 Å². The average Bonchev–Trinajstić information content (AvgIpc) is 2.72. The quantitative estimate of drug-likeness (QED) is 0.602. The molecule has 6 heteroatoms. The molecule has 2 aromatic rings. The summed E-state index contributed by atoms with van der Waals surface area (Å²) >= 11 is 0. The minimum atomic E-state index is -0.514. The van der Waals surface area contributed by atoms with Crippen molar-refractivity contribution in [3.63, 3.8) is 0 Å². The Balaban J connectivity index is 1.42. The molecule has 0 aromatic heterocycles. The second-order valence-electron chi connectivity index (χ2n) is 7.00. The summed E-state index contributed by atoms with van der Waals surface area (Å²) in [5, 5.41) is 13.9. The van der Waals surface area contributed by atoms with Crippen LogP contribution < -0.4 is 5.32 Å². The average molecular weight is 367 g/mol. The van der Waals surface area contributed by atoms with E-state index in [1.54, 1.807) is 12.1 Å². The van der Waals surface area contributed by atoms with E-state index in [2.05, 4.69) is 34.5 Å². The van der Waals surface area contributed by atoms with E-state index in [0.717, 1.165) is 38.9 Å². The molecule has 27 heavy (non-hydrogen) atoms. The van der Waals surface area contributed by atoms with E-state index < -0.39 is 4.92 Å². The predicted octanol–water partition coefficient (Wildman–Crippen LogP) is 3.28. The SMILES string of the molecule is O=C(NCC1CCN(CCc2ccccc2)CC1)c1ccccc1[N+](=O)[O-]. The normalized spacial score (nSPS) is 15.4. The Morgan fingerprint density at radius 3 is 2.44 bits per heavy atom. The number of nitrogens with one attached hydrogen (secondary N) is 1. The summed E-state index contributed by atoms with van der Waals surface area (Å²) < 4.78 is 0. The van der Waals surface area contributed by atoms with Gasteiger partial charge in [0.2, 0.25) is 0 Å². The molecule has 0 bridgehead atoms. The lowest BCUT2D eigenvalue weighted by atomic mass is 9.96. The van der Waals surface area contributed by atoms with Gasteiger partial charge in [-0.2, -0.15) is 0 Å². The standard InChI is InChI=1S/C21H25N3O3/c25-21(19-8-4-5-9-20(19)24(26)27)22-16-18-11-14-23(15-12-18)13-10-17-6-2-1-3-7-17/h1-9,18H,10-16H2,(H,22,25). The van der Waals surface area contributed by atoms with Gasteiger partial charge >= 0.3 is 0 Å². The van der Waals surface area contributed by atoms with E-state index in [4.69, 9.17) is 0 Å². The van der Waals surface area contributed by atoms with Crippen molar-refractivity contribution in [1.29, 1.82) is 0 Å². The van der Waals surface area contributed by atoms with Gasteiger partial charge < -0.3 is 10.2 Å². The molecule has 0 aliphatic carbocycles. The third-order valence-electron chi connectivity index (χ3n) is 5.16. The van der Waals surface area contributed by atoms with Crippen LogP contribution in [0.25, 0.3) is 0 Å². The fourth-order valence-corrected chi connectivity index (χ4v) is 3.50. The number of nitrogens with zero attached hydrogens (tertiary/aromatic N) is 2. The van der Waals surface area contributed by atoms with Crippen molar-refractivity contribution in [2.24, 2.45) is 5.92 Å². The van der Waals surface area contributed by atoms with Crippen LogP contribution in [0.2, 0.25) is 0 Å². The van der Waals surface area contributed by atoms with Crippen molar-refractivity contribution in [3.05, 3.63) is 75.8 Å². The third kappa shape index (κ3) is 5.37. The maximum Gasteiger partial charge on any atom is 0.282 e. The molecule has 1 aliphatic rings. The van der Waals surface area contributed by atoms with Crippen LogP contribution >= 0.6 is 0 Å². The highest BCUT2D eigenvalue weighted by molar-refractivity contribution is 5.98. The van der Waals surface area contributed by atoms with Crippen LogP contribution in [0.4, 0.5) is 5.69 Å². The molecule has 0 spiro atoms. The third-order valence-corrected chi connectivity index (χ3v) is 5.16. The van der Waals surface area contributed by atoms with Crippen LogP contribution in [-0.4, -0.2) is 41.9 Å². The molecule has 1 aliphatic heterocycles. The highest BCUT2D eigenvalue weighted by Crippen LogP contribution is 2.19. The molecule has 1 heterocycles. The number of amides is 1. The summed E-state index contributed by atoms with van der Waals surface area (Å²) in [5.74, 6) is 0.0542. The van der Waals surface area contributed by atoms with Crippen molar-refractivity contribution in [2.45, 2.75) is 19.3 Å².